The summed E-state index contributed by atoms with van der Waals surface area (Å²) in [5, 5.41) is 3.94. The van der Waals surface area contributed by atoms with Crippen molar-refractivity contribution in [1.82, 2.24) is 4.98 Å². The predicted octanol–water partition coefficient (Wildman–Crippen LogP) is 5.17. The third-order valence-electron chi connectivity index (χ3n) is 3.37. The van der Waals surface area contributed by atoms with Gasteiger partial charge in [0.1, 0.15) is 0 Å². The van der Waals surface area contributed by atoms with Crippen LogP contribution in [-0.2, 0) is 6.42 Å². The Hall–Kier alpha value is -1.54. The van der Waals surface area contributed by atoms with Gasteiger partial charge in [-0.25, -0.2) is 4.98 Å². The summed E-state index contributed by atoms with van der Waals surface area (Å²) in [4.78, 5) is 4.17. The monoisotopic (exact) mass is 288 g/mol. The highest BCUT2D eigenvalue weighted by atomic mass is 35.5. The van der Waals surface area contributed by atoms with E-state index in [2.05, 4.69) is 48.4 Å². The summed E-state index contributed by atoms with van der Waals surface area (Å²) in [6, 6.07) is 11.0. The maximum atomic E-state index is 6.12. The minimum absolute atomic E-state index is 0.201. The van der Waals surface area contributed by atoms with Crippen molar-refractivity contribution in [2.24, 2.45) is 0 Å². The highest BCUT2D eigenvalue weighted by molar-refractivity contribution is 6.31. The molecule has 2 nitrogen and oxygen atoms in total. The van der Waals surface area contributed by atoms with Gasteiger partial charge < -0.3 is 5.32 Å². The van der Waals surface area contributed by atoms with E-state index in [1.807, 2.05) is 13.0 Å². The van der Waals surface area contributed by atoms with E-state index in [0.717, 1.165) is 17.7 Å². The minimum atomic E-state index is 0.201. The van der Waals surface area contributed by atoms with Gasteiger partial charge in [0.25, 0.3) is 0 Å². The minimum Gasteiger partial charge on any atom is -0.376 e. The molecule has 0 aliphatic carbocycles. The standard InChI is InChI=1S/C17H21ClN2/c1-4-5-14-6-8-15(9-7-14)13(3)20-16-10-12(2)11-19-17(16)18/h6-11,13,20H,4-5H2,1-3H3. The molecule has 1 aromatic carbocycles. The van der Waals surface area contributed by atoms with Gasteiger partial charge >= 0.3 is 0 Å². The van der Waals surface area contributed by atoms with Gasteiger partial charge in [0, 0.05) is 12.2 Å². The second-order valence-electron chi connectivity index (χ2n) is 5.21. The van der Waals surface area contributed by atoms with E-state index in [1.165, 1.54) is 17.5 Å². The lowest BCUT2D eigenvalue weighted by Crippen LogP contribution is -2.07. The van der Waals surface area contributed by atoms with Crippen LogP contribution in [-0.4, -0.2) is 4.98 Å². The molecule has 1 aromatic heterocycles. The van der Waals surface area contributed by atoms with Crippen LogP contribution < -0.4 is 5.32 Å². The van der Waals surface area contributed by atoms with Crippen molar-refractivity contribution in [3.63, 3.8) is 0 Å². The highest BCUT2D eigenvalue weighted by Crippen LogP contribution is 2.25. The summed E-state index contributed by atoms with van der Waals surface area (Å²) in [5.74, 6) is 0. The van der Waals surface area contributed by atoms with Crippen LogP contribution in [0.4, 0.5) is 5.69 Å². The fourth-order valence-corrected chi connectivity index (χ4v) is 2.39. The van der Waals surface area contributed by atoms with E-state index >= 15 is 0 Å². The number of nitrogens with one attached hydrogen (secondary N) is 1. The Labute approximate surface area is 126 Å². The molecule has 0 aliphatic rings. The van der Waals surface area contributed by atoms with Crippen LogP contribution in [0.3, 0.4) is 0 Å². The molecule has 3 heteroatoms. The predicted molar refractivity (Wildman–Crippen MR) is 86.5 cm³/mol. The van der Waals surface area contributed by atoms with Gasteiger partial charge in [-0.15, -0.1) is 0 Å². The van der Waals surface area contributed by atoms with E-state index in [9.17, 15) is 0 Å². The normalized spacial score (nSPS) is 12.2. The quantitative estimate of drug-likeness (QED) is 0.768. The fraction of sp³-hybridized carbons (Fsp3) is 0.353. The molecule has 0 fully saturated rings. The van der Waals surface area contributed by atoms with Crippen LogP contribution in [0.5, 0.6) is 0 Å². The fourth-order valence-electron chi connectivity index (χ4n) is 2.23. The van der Waals surface area contributed by atoms with Crippen LogP contribution in [0.2, 0.25) is 5.15 Å². The lowest BCUT2D eigenvalue weighted by molar-refractivity contribution is 0.874. The average Bonchev–Trinajstić information content (AvgIpc) is 2.44. The van der Waals surface area contributed by atoms with E-state index in [4.69, 9.17) is 11.6 Å². The number of hydrogen-bond acceptors (Lipinski definition) is 2. The molecule has 0 saturated carbocycles. The number of anilines is 1. The van der Waals surface area contributed by atoms with E-state index in [0.29, 0.717) is 5.15 Å². The highest BCUT2D eigenvalue weighted by Gasteiger charge is 2.08. The zero-order chi connectivity index (χ0) is 14.5. The number of benzene rings is 1. The zero-order valence-electron chi connectivity index (χ0n) is 12.3. The van der Waals surface area contributed by atoms with E-state index in [-0.39, 0.29) is 6.04 Å². The first-order valence-corrected chi connectivity index (χ1v) is 7.45. The molecule has 2 aromatic rings. The van der Waals surface area contributed by atoms with Crippen molar-refractivity contribution >= 4 is 17.3 Å². The maximum absolute atomic E-state index is 6.12. The number of aromatic nitrogens is 1. The van der Waals surface area contributed by atoms with Crippen molar-refractivity contribution < 1.29 is 0 Å². The Kier molecular flexibility index (Phi) is 5.02. The van der Waals surface area contributed by atoms with Gasteiger partial charge in [-0.05, 0) is 43.0 Å². The van der Waals surface area contributed by atoms with Crippen molar-refractivity contribution in [2.75, 3.05) is 5.32 Å². The van der Waals surface area contributed by atoms with Crippen molar-refractivity contribution in [1.29, 1.82) is 0 Å². The van der Waals surface area contributed by atoms with Crippen molar-refractivity contribution in [3.05, 3.63) is 58.4 Å². The lowest BCUT2D eigenvalue weighted by atomic mass is 10.0. The largest absolute Gasteiger partial charge is 0.376 e. The first-order valence-electron chi connectivity index (χ1n) is 7.07. The smallest absolute Gasteiger partial charge is 0.152 e. The molecule has 0 amide bonds. The van der Waals surface area contributed by atoms with Gasteiger partial charge in [-0.2, -0.15) is 0 Å². The Balaban J connectivity index is 2.11. The topological polar surface area (TPSA) is 24.9 Å². The summed E-state index contributed by atoms with van der Waals surface area (Å²) in [6.07, 6.45) is 4.09. The number of pyridine rings is 1. The van der Waals surface area contributed by atoms with E-state index in [1.54, 1.807) is 6.20 Å². The molecule has 0 aliphatic heterocycles. The van der Waals surface area contributed by atoms with Crippen molar-refractivity contribution in [3.8, 4) is 0 Å². The van der Waals surface area contributed by atoms with Gasteiger partial charge in [-0.3, -0.25) is 0 Å². The maximum Gasteiger partial charge on any atom is 0.152 e. The van der Waals surface area contributed by atoms with Crippen LogP contribution in [0.25, 0.3) is 0 Å². The molecule has 106 valence electrons. The Morgan fingerprint density at radius 2 is 1.95 bits per heavy atom. The van der Waals surface area contributed by atoms with Crippen molar-refractivity contribution in [2.45, 2.75) is 39.7 Å². The summed E-state index contributed by atoms with van der Waals surface area (Å²) >= 11 is 6.12. The number of nitrogens with zero attached hydrogens (tertiary/aromatic N) is 1. The first kappa shape index (κ1) is 14.9. The Morgan fingerprint density at radius 1 is 1.25 bits per heavy atom. The van der Waals surface area contributed by atoms with Gasteiger partial charge in [0.15, 0.2) is 5.15 Å². The molecule has 0 radical (unpaired) electrons. The summed E-state index contributed by atoms with van der Waals surface area (Å²) < 4.78 is 0. The molecule has 0 saturated heterocycles. The molecule has 2 rings (SSSR count). The van der Waals surface area contributed by atoms with Crippen LogP contribution in [0.1, 0.15) is 43.0 Å². The van der Waals surface area contributed by atoms with E-state index < -0.39 is 0 Å². The van der Waals surface area contributed by atoms with Gasteiger partial charge in [0.05, 0.1) is 5.69 Å². The summed E-state index contributed by atoms with van der Waals surface area (Å²) in [5.41, 5.74) is 4.63. The second-order valence-corrected chi connectivity index (χ2v) is 5.57. The van der Waals surface area contributed by atoms with Gasteiger partial charge in [-0.1, -0.05) is 49.2 Å². The number of hydrogen-bond donors (Lipinski definition) is 1. The van der Waals surface area contributed by atoms with Crippen LogP contribution in [0, 0.1) is 6.92 Å². The number of aryl methyl sites for hydroxylation is 2. The first-order chi connectivity index (χ1) is 9.60. The van der Waals surface area contributed by atoms with Crippen LogP contribution in [0.15, 0.2) is 36.5 Å². The molecule has 0 spiro atoms. The Bertz CT molecular complexity index is 564. The third-order valence-corrected chi connectivity index (χ3v) is 3.67. The lowest BCUT2D eigenvalue weighted by Gasteiger charge is -2.17. The third kappa shape index (κ3) is 3.73. The second kappa shape index (κ2) is 6.76. The molecule has 1 atom stereocenters. The summed E-state index contributed by atoms with van der Waals surface area (Å²) in [6.45, 7) is 6.34. The molecule has 1 unspecified atom stereocenters. The number of rotatable bonds is 5. The van der Waals surface area contributed by atoms with Gasteiger partial charge in [0.2, 0.25) is 0 Å². The SMILES string of the molecule is CCCc1ccc(C(C)Nc2cc(C)cnc2Cl)cc1. The number of halogens is 1. The zero-order valence-corrected chi connectivity index (χ0v) is 13.0. The molecule has 1 N–H and O–H groups in total. The molecular weight excluding hydrogens is 268 g/mol. The average molecular weight is 289 g/mol. The summed E-state index contributed by atoms with van der Waals surface area (Å²) in [7, 11) is 0. The molecule has 0 bridgehead atoms. The Morgan fingerprint density at radius 3 is 2.60 bits per heavy atom. The molecule has 20 heavy (non-hydrogen) atoms. The van der Waals surface area contributed by atoms with Crippen LogP contribution >= 0.6 is 11.6 Å². The molecular formula is C17H21ClN2. The molecule has 1 heterocycles.